The molecule has 10 nitrogen and oxygen atoms in total. The number of fused-ring (bicyclic) bond motifs is 5. The number of hydrogen-bond acceptors (Lipinski definition) is 10. The van der Waals surface area contributed by atoms with E-state index >= 15 is 0 Å². The van der Waals surface area contributed by atoms with E-state index in [0.29, 0.717) is 51.4 Å². The summed E-state index contributed by atoms with van der Waals surface area (Å²) in [5.41, 5.74) is -3.48. The Balaban J connectivity index is 1.25. The Morgan fingerprint density at radius 2 is 1.65 bits per heavy atom. The summed E-state index contributed by atoms with van der Waals surface area (Å²) >= 11 is 0. The van der Waals surface area contributed by atoms with Crippen molar-refractivity contribution in [1.82, 2.24) is 0 Å². The number of carbonyl (C=O) groups excluding carboxylic acids is 1. The Morgan fingerprint density at radius 3 is 2.33 bits per heavy atom. The molecule has 4 aliphatic carbocycles. The van der Waals surface area contributed by atoms with Crippen LogP contribution in [0.5, 0.6) is 0 Å². The molecule has 0 spiro atoms. The minimum Gasteiger partial charge on any atom is -0.458 e. The number of cyclic esters (lactones) is 1. The highest BCUT2D eigenvalue weighted by molar-refractivity contribution is 5.85. The number of hydrogen-bond donors (Lipinski definition) is 6. The molecular formula is C30H46O10. The van der Waals surface area contributed by atoms with Crippen LogP contribution in [0.1, 0.15) is 79.1 Å². The van der Waals surface area contributed by atoms with Crippen molar-refractivity contribution in [2.45, 2.75) is 133 Å². The van der Waals surface area contributed by atoms with Crippen LogP contribution in [-0.4, -0.2) is 97.3 Å². The molecule has 14 unspecified atom stereocenters. The van der Waals surface area contributed by atoms with Crippen LogP contribution in [0.3, 0.4) is 0 Å². The minimum atomic E-state index is -1.41. The van der Waals surface area contributed by atoms with E-state index in [1.54, 1.807) is 6.92 Å². The highest BCUT2D eigenvalue weighted by Crippen LogP contribution is 2.75. The summed E-state index contributed by atoms with van der Waals surface area (Å²) in [5, 5.41) is 67.4. The van der Waals surface area contributed by atoms with Crippen LogP contribution in [0, 0.1) is 28.1 Å². The fraction of sp³-hybridized carbons (Fsp3) is 0.900. The number of rotatable bonds is 3. The van der Waals surface area contributed by atoms with Gasteiger partial charge >= 0.3 is 5.97 Å². The Kier molecular flexibility index (Phi) is 6.66. The molecular weight excluding hydrogens is 520 g/mol. The second kappa shape index (κ2) is 9.19. The maximum atomic E-state index is 12.6. The molecule has 6 aliphatic rings. The zero-order valence-electron chi connectivity index (χ0n) is 24.0. The van der Waals surface area contributed by atoms with Crippen molar-refractivity contribution in [3.8, 4) is 0 Å². The van der Waals surface area contributed by atoms with Crippen LogP contribution in [-0.2, 0) is 19.0 Å². The first-order valence-electron chi connectivity index (χ1n) is 15.0. The van der Waals surface area contributed by atoms with E-state index in [2.05, 4.69) is 13.8 Å². The number of carbonyl (C=O) groups is 1. The molecule has 0 radical (unpaired) electrons. The van der Waals surface area contributed by atoms with E-state index in [0.717, 1.165) is 5.57 Å². The Morgan fingerprint density at radius 1 is 0.925 bits per heavy atom. The average molecular weight is 567 g/mol. The standard InChI is InChI=1S/C30H46O10/c1-15-22(33)23(34)24(35)25(39-15)40-17-5-7-26(2)19-12-20(31)28(4)18(16-11-21(32)38-14-16)6-8-30(28,37)27(19,3)9-10-29(26,36)13-17/h11,15,17-20,22-25,31,33-37H,5-10,12-14H2,1-4H3. The number of esters is 1. The van der Waals surface area contributed by atoms with Gasteiger partial charge in [-0.05, 0) is 69.3 Å². The van der Waals surface area contributed by atoms with Gasteiger partial charge in [-0.2, -0.15) is 0 Å². The van der Waals surface area contributed by atoms with Gasteiger partial charge in [0.2, 0.25) is 0 Å². The summed E-state index contributed by atoms with van der Waals surface area (Å²) in [6.07, 6.45) is -1.48. The SMILES string of the molecule is CC1OC(OC2CCC3(C)C4CC(O)C5(C)C(C6=CC(=O)OC6)CCC5(O)C4(C)CCC3(O)C2)C(O)C(O)C1O. The third-order valence-corrected chi connectivity index (χ3v) is 13.0. The van der Waals surface area contributed by atoms with Gasteiger partial charge in [-0.3, -0.25) is 0 Å². The van der Waals surface area contributed by atoms with Crippen molar-refractivity contribution in [3.63, 3.8) is 0 Å². The Bertz CT molecular complexity index is 1080. The van der Waals surface area contributed by atoms with Crippen molar-refractivity contribution < 1.29 is 49.6 Å². The molecule has 10 heteroatoms. The quantitative estimate of drug-likeness (QED) is 0.214. The second-order valence-electron chi connectivity index (χ2n) is 14.4. The Hall–Kier alpha value is -1.11. The van der Waals surface area contributed by atoms with Crippen LogP contribution >= 0.6 is 0 Å². The summed E-state index contributed by atoms with van der Waals surface area (Å²) < 4.78 is 17.0. The molecule has 0 aromatic rings. The molecule has 14 atom stereocenters. The van der Waals surface area contributed by atoms with E-state index in [4.69, 9.17) is 14.2 Å². The largest absolute Gasteiger partial charge is 0.458 e. The van der Waals surface area contributed by atoms with E-state index in [1.807, 2.05) is 6.92 Å². The van der Waals surface area contributed by atoms with E-state index in [-0.39, 0.29) is 24.4 Å². The molecule has 6 rings (SSSR count). The summed E-state index contributed by atoms with van der Waals surface area (Å²) in [5.74, 6) is -0.688. The fourth-order valence-electron chi connectivity index (χ4n) is 10.3. The molecule has 0 bridgehead atoms. The molecule has 5 fully saturated rings. The predicted molar refractivity (Wildman–Crippen MR) is 140 cm³/mol. The van der Waals surface area contributed by atoms with Crippen LogP contribution in [0.15, 0.2) is 11.6 Å². The second-order valence-corrected chi connectivity index (χ2v) is 14.4. The highest BCUT2D eigenvalue weighted by Gasteiger charge is 2.77. The first-order chi connectivity index (χ1) is 18.6. The normalized spacial score (nSPS) is 58.0. The molecule has 226 valence electrons. The van der Waals surface area contributed by atoms with Gasteiger partial charge in [0.1, 0.15) is 24.9 Å². The topological polar surface area (TPSA) is 166 Å². The number of aliphatic hydroxyl groups is 6. The first kappa shape index (κ1) is 29.0. The van der Waals surface area contributed by atoms with Gasteiger partial charge in [0.25, 0.3) is 0 Å². The minimum absolute atomic E-state index is 0.157. The van der Waals surface area contributed by atoms with Gasteiger partial charge in [-0.1, -0.05) is 20.8 Å². The van der Waals surface area contributed by atoms with Crippen LogP contribution in [0.25, 0.3) is 0 Å². The molecule has 40 heavy (non-hydrogen) atoms. The lowest BCUT2D eigenvalue weighted by atomic mass is 9.36. The third-order valence-electron chi connectivity index (χ3n) is 13.0. The highest BCUT2D eigenvalue weighted by atomic mass is 16.7. The monoisotopic (exact) mass is 566 g/mol. The predicted octanol–water partition coefficient (Wildman–Crippen LogP) is 0.932. The number of ether oxygens (including phenoxy) is 3. The smallest absolute Gasteiger partial charge is 0.331 e. The van der Waals surface area contributed by atoms with Crippen LogP contribution in [0.2, 0.25) is 0 Å². The maximum absolute atomic E-state index is 12.6. The summed E-state index contributed by atoms with van der Waals surface area (Å²) in [6.45, 7) is 7.99. The molecule has 0 amide bonds. The molecule has 6 N–H and O–H groups in total. The molecule has 4 saturated carbocycles. The van der Waals surface area contributed by atoms with Gasteiger partial charge in [-0.15, -0.1) is 0 Å². The van der Waals surface area contributed by atoms with Crippen molar-refractivity contribution in [3.05, 3.63) is 11.6 Å². The van der Waals surface area contributed by atoms with Gasteiger partial charge in [-0.25, -0.2) is 4.79 Å². The zero-order chi connectivity index (χ0) is 29.0. The molecule has 0 aromatic heterocycles. The number of aliphatic hydroxyl groups excluding tert-OH is 4. The first-order valence-corrected chi connectivity index (χ1v) is 15.0. The molecule has 0 aromatic carbocycles. The summed E-state index contributed by atoms with van der Waals surface area (Å²) in [4.78, 5) is 11.9. The van der Waals surface area contributed by atoms with E-state index in [9.17, 15) is 35.4 Å². The van der Waals surface area contributed by atoms with Gasteiger partial charge in [0.05, 0.1) is 29.5 Å². The van der Waals surface area contributed by atoms with Crippen molar-refractivity contribution in [1.29, 1.82) is 0 Å². The maximum Gasteiger partial charge on any atom is 0.331 e. The van der Waals surface area contributed by atoms with Crippen molar-refractivity contribution in [2.75, 3.05) is 6.61 Å². The van der Waals surface area contributed by atoms with Crippen molar-refractivity contribution in [2.24, 2.45) is 28.1 Å². The lowest BCUT2D eigenvalue weighted by molar-refractivity contribution is -0.332. The lowest BCUT2D eigenvalue weighted by Crippen LogP contribution is -2.74. The summed E-state index contributed by atoms with van der Waals surface area (Å²) in [6, 6.07) is 0. The van der Waals surface area contributed by atoms with Gasteiger partial charge in [0, 0.05) is 28.7 Å². The van der Waals surface area contributed by atoms with E-state index < -0.39 is 70.4 Å². The molecule has 2 heterocycles. The lowest BCUT2D eigenvalue weighted by Gasteiger charge is -2.71. The third kappa shape index (κ3) is 3.60. The average Bonchev–Trinajstić information content (AvgIpc) is 3.45. The zero-order valence-corrected chi connectivity index (χ0v) is 24.0. The van der Waals surface area contributed by atoms with Crippen LogP contribution in [0.4, 0.5) is 0 Å². The summed E-state index contributed by atoms with van der Waals surface area (Å²) in [7, 11) is 0. The van der Waals surface area contributed by atoms with Gasteiger partial charge < -0.3 is 44.8 Å². The fourth-order valence-corrected chi connectivity index (χ4v) is 10.3. The van der Waals surface area contributed by atoms with Gasteiger partial charge in [0.15, 0.2) is 6.29 Å². The molecule has 2 aliphatic heterocycles. The van der Waals surface area contributed by atoms with Crippen LogP contribution < -0.4 is 0 Å². The molecule has 1 saturated heterocycles. The Labute approximate surface area is 235 Å². The van der Waals surface area contributed by atoms with E-state index in [1.165, 1.54) is 6.08 Å². The van der Waals surface area contributed by atoms with Crippen molar-refractivity contribution >= 4 is 5.97 Å².